The molecule has 0 aliphatic heterocycles. The van der Waals surface area contributed by atoms with Gasteiger partial charge in [0.05, 0.1) is 5.56 Å². The van der Waals surface area contributed by atoms with Gasteiger partial charge in [0.15, 0.2) is 5.82 Å². The number of halogens is 2. The van der Waals surface area contributed by atoms with E-state index in [-0.39, 0.29) is 5.56 Å². The molecule has 0 aliphatic rings. The minimum atomic E-state index is -0.572. The molecule has 0 saturated heterocycles. The number of amides is 1. The molecule has 7 heteroatoms. The highest BCUT2D eigenvalue weighted by Crippen LogP contribution is 2.22. The average Bonchev–Trinajstić information content (AvgIpc) is 3.06. The van der Waals surface area contributed by atoms with Crippen LogP contribution in [0.1, 0.15) is 17.3 Å². The summed E-state index contributed by atoms with van der Waals surface area (Å²) in [6.45, 7) is 2.73. The van der Waals surface area contributed by atoms with Crippen LogP contribution < -0.4 is 5.32 Å². The van der Waals surface area contributed by atoms with Gasteiger partial charge in [-0.25, -0.2) is 4.39 Å². The van der Waals surface area contributed by atoms with Crippen molar-refractivity contribution in [1.29, 1.82) is 0 Å². The van der Waals surface area contributed by atoms with E-state index >= 15 is 0 Å². The third-order valence-corrected chi connectivity index (χ3v) is 4.00. The van der Waals surface area contributed by atoms with Gasteiger partial charge in [-0.1, -0.05) is 28.1 Å². The Labute approximate surface area is 146 Å². The molecule has 24 heavy (non-hydrogen) atoms. The van der Waals surface area contributed by atoms with Crippen LogP contribution in [0.2, 0.25) is 0 Å². The molecule has 1 heterocycles. The van der Waals surface area contributed by atoms with E-state index in [0.717, 1.165) is 12.1 Å². The molecule has 0 radical (unpaired) electrons. The number of carbonyl (C=O) groups is 1. The Hall–Kier alpha value is -2.54. The Balaban J connectivity index is 1.87. The van der Waals surface area contributed by atoms with E-state index in [1.54, 1.807) is 30.6 Å². The van der Waals surface area contributed by atoms with Gasteiger partial charge in [0, 0.05) is 22.3 Å². The topological polar surface area (TPSA) is 59.8 Å². The van der Waals surface area contributed by atoms with Gasteiger partial charge in [0.25, 0.3) is 5.91 Å². The molecular weight excluding hydrogens is 375 g/mol. The maximum absolute atomic E-state index is 13.8. The van der Waals surface area contributed by atoms with E-state index < -0.39 is 11.7 Å². The average molecular weight is 389 g/mol. The Bertz CT molecular complexity index is 894. The lowest BCUT2D eigenvalue weighted by Gasteiger charge is -2.09. The van der Waals surface area contributed by atoms with Crippen LogP contribution in [-0.4, -0.2) is 20.7 Å². The molecule has 0 atom stereocenters. The molecule has 0 spiro atoms. The van der Waals surface area contributed by atoms with Crippen LogP contribution in [0.5, 0.6) is 0 Å². The molecule has 1 aromatic heterocycles. The van der Waals surface area contributed by atoms with Crippen LogP contribution in [0.15, 0.2) is 53.3 Å². The monoisotopic (exact) mass is 388 g/mol. The van der Waals surface area contributed by atoms with Gasteiger partial charge in [-0.2, -0.15) is 0 Å². The predicted octanol–water partition coefficient (Wildman–Crippen LogP) is 4.12. The summed E-state index contributed by atoms with van der Waals surface area (Å²) in [4.78, 5) is 12.3. The SMILES string of the molecule is CCn1cnnc1-c1cccc(NC(=O)c2cc(Br)ccc2F)c1. The van der Waals surface area contributed by atoms with Crippen LogP contribution in [0, 0.1) is 5.82 Å². The third-order valence-electron chi connectivity index (χ3n) is 3.51. The Kier molecular flexibility index (Phi) is 4.71. The van der Waals surface area contributed by atoms with Gasteiger partial charge >= 0.3 is 0 Å². The lowest BCUT2D eigenvalue weighted by Crippen LogP contribution is -2.13. The molecule has 3 aromatic rings. The van der Waals surface area contributed by atoms with E-state index in [0.29, 0.717) is 16.0 Å². The second kappa shape index (κ2) is 6.92. The van der Waals surface area contributed by atoms with Crippen molar-refractivity contribution in [1.82, 2.24) is 14.8 Å². The van der Waals surface area contributed by atoms with E-state index in [1.165, 1.54) is 12.1 Å². The zero-order chi connectivity index (χ0) is 17.1. The van der Waals surface area contributed by atoms with Crippen LogP contribution >= 0.6 is 15.9 Å². The summed E-state index contributed by atoms with van der Waals surface area (Å²) in [5, 5.41) is 10.7. The summed E-state index contributed by atoms with van der Waals surface area (Å²) in [6.07, 6.45) is 1.65. The van der Waals surface area contributed by atoms with Crippen molar-refractivity contribution in [3.05, 3.63) is 64.6 Å². The molecule has 1 N–H and O–H groups in total. The fraction of sp³-hybridized carbons (Fsp3) is 0.118. The Morgan fingerprint density at radius 3 is 2.92 bits per heavy atom. The molecule has 0 fully saturated rings. The lowest BCUT2D eigenvalue weighted by molar-refractivity contribution is 0.102. The van der Waals surface area contributed by atoms with Crippen molar-refractivity contribution in [3.63, 3.8) is 0 Å². The third kappa shape index (κ3) is 3.35. The minimum Gasteiger partial charge on any atom is -0.322 e. The molecule has 122 valence electrons. The molecule has 3 rings (SSSR count). The second-order valence-corrected chi connectivity index (χ2v) is 6.02. The highest BCUT2D eigenvalue weighted by molar-refractivity contribution is 9.10. The van der Waals surface area contributed by atoms with Gasteiger partial charge in [-0.3, -0.25) is 4.79 Å². The second-order valence-electron chi connectivity index (χ2n) is 5.10. The number of benzene rings is 2. The number of anilines is 1. The summed E-state index contributed by atoms with van der Waals surface area (Å²) in [5.74, 6) is -0.372. The van der Waals surface area contributed by atoms with Gasteiger partial charge in [0.2, 0.25) is 0 Å². The number of carbonyl (C=O) groups excluding carboxylic acids is 1. The highest BCUT2D eigenvalue weighted by Gasteiger charge is 2.13. The highest BCUT2D eigenvalue weighted by atomic mass is 79.9. The first-order valence-corrected chi connectivity index (χ1v) is 8.12. The molecular formula is C17H14BrFN4O. The van der Waals surface area contributed by atoms with Crippen molar-refractivity contribution < 1.29 is 9.18 Å². The lowest BCUT2D eigenvalue weighted by atomic mass is 10.1. The largest absolute Gasteiger partial charge is 0.322 e. The van der Waals surface area contributed by atoms with Gasteiger partial charge in [-0.05, 0) is 37.3 Å². The fourth-order valence-corrected chi connectivity index (χ4v) is 2.68. The number of nitrogens with one attached hydrogen (secondary N) is 1. The van der Waals surface area contributed by atoms with E-state index in [1.807, 2.05) is 17.6 Å². The molecule has 0 aliphatic carbocycles. The van der Waals surface area contributed by atoms with E-state index in [9.17, 15) is 9.18 Å². The minimum absolute atomic E-state index is 0.0218. The number of hydrogen-bond donors (Lipinski definition) is 1. The Morgan fingerprint density at radius 1 is 1.29 bits per heavy atom. The summed E-state index contributed by atoms with van der Waals surface area (Å²) in [5.41, 5.74) is 1.36. The zero-order valence-electron chi connectivity index (χ0n) is 12.8. The normalized spacial score (nSPS) is 10.6. The summed E-state index contributed by atoms with van der Waals surface area (Å²) >= 11 is 3.24. The zero-order valence-corrected chi connectivity index (χ0v) is 14.4. The molecule has 5 nitrogen and oxygen atoms in total. The summed E-state index contributed by atoms with van der Waals surface area (Å²) in [7, 11) is 0. The molecule has 0 saturated carbocycles. The summed E-state index contributed by atoms with van der Waals surface area (Å²) < 4.78 is 16.4. The van der Waals surface area contributed by atoms with Gasteiger partial charge in [-0.15, -0.1) is 10.2 Å². The molecule has 0 bridgehead atoms. The van der Waals surface area contributed by atoms with Crippen LogP contribution in [0.3, 0.4) is 0 Å². The van der Waals surface area contributed by atoms with Crippen molar-refractivity contribution >= 4 is 27.5 Å². The number of aromatic nitrogens is 3. The first kappa shape index (κ1) is 16.3. The number of nitrogens with zero attached hydrogens (tertiary/aromatic N) is 3. The maximum Gasteiger partial charge on any atom is 0.258 e. The van der Waals surface area contributed by atoms with Crippen LogP contribution in [0.4, 0.5) is 10.1 Å². The number of aryl methyl sites for hydroxylation is 1. The number of rotatable bonds is 4. The molecule has 0 unspecified atom stereocenters. The summed E-state index contributed by atoms with van der Waals surface area (Å²) in [6, 6.07) is 11.4. The Morgan fingerprint density at radius 2 is 2.12 bits per heavy atom. The van der Waals surface area contributed by atoms with Crippen molar-refractivity contribution in [2.75, 3.05) is 5.32 Å². The van der Waals surface area contributed by atoms with E-state index in [4.69, 9.17) is 0 Å². The van der Waals surface area contributed by atoms with Crippen LogP contribution in [0.25, 0.3) is 11.4 Å². The fourth-order valence-electron chi connectivity index (χ4n) is 2.32. The first-order valence-electron chi connectivity index (χ1n) is 7.33. The van der Waals surface area contributed by atoms with Crippen LogP contribution in [-0.2, 0) is 6.54 Å². The molecule has 1 amide bonds. The smallest absolute Gasteiger partial charge is 0.258 e. The standard InChI is InChI=1S/C17H14BrFN4O/c1-2-23-10-20-22-16(23)11-4-3-5-13(8-11)21-17(24)14-9-12(18)6-7-15(14)19/h3-10H,2H2,1H3,(H,21,24). The predicted molar refractivity (Wildman–Crippen MR) is 93.2 cm³/mol. The molecule has 2 aromatic carbocycles. The maximum atomic E-state index is 13.8. The van der Waals surface area contributed by atoms with Crippen molar-refractivity contribution in [3.8, 4) is 11.4 Å². The van der Waals surface area contributed by atoms with E-state index in [2.05, 4.69) is 31.4 Å². The van der Waals surface area contributed by atoms with Gasteiger partial charge in [0.1, 0.15) is 12.1 Å². The number of hydrogen-bond acceptors (Lipinski definition) is 3. The first-order chi connectivity index (χ1) is 11.6. The quantitative estimate of drug-likeness (QED) is 0.731. The van der Waals surface area contributed by atoms with Crippen molar-refractivity contribution in [2.24, 2.45) is 0 Å². The van der Waals surface area contributed by atoms with Gasteiger partial charge < -0.3 is 9.88 Å². The van der Waals surface area contributed by atoms with Crippen molar-refractivity contribution in [2.45, 2.75) is 13.5 Å².